The molecule has 1 aromatic carbocycles. The van der Waals surface area contributed by atoms with E-state index >= 15 is 0 Å². The van der Waals surface area contributed by atoms with Gasteiger partial charge in [0.25, 0.3) is 0 Å². The van der Waals surface area contributed by atoms with Crippen LogP contribution < -0.4 is 10.6 Å². The molecule has 0 aliphatic heterocycles. The second-order valence-corrected chi connectivity index (χ2v) is 6.42. The van der Waals surface area contributed by atoms with Gasteiger partial charge in [0.15, 0.2) is 0 Å². The third-order valence-electron chi connectivity index (χ3n) is 3.65. The number of likely N-dealkylation sites (N-methyl/N-ethyl adjacent to an activating group) is 1. The Morgan fingerprint density at radius 2 is 2.00 bits per heavy atom. The predicted octanol–water partition coefficient (Wildman–Crippen LogP) is 1.38. The summed E-state index contributed by atoms with van der Waals surface area (Å²) >= 11 is 1.35. The molecule has 2 aromatic heterocycles. The molecule has 0 radical (unpaired) electrons. The van der Waals surface area contributed by atoms with Gasteiger partial charge < -0.3 is 9.88 Å². The van der Waals surface area contributed by atoms with Gasteiger partial charge in [-0.2, -0.15) is 0 Å². The number of para-hydroxylation sites is 2. The van der Waals surface area contributed by atoms with Crippen molar-refractivity contribution in [2.24, 2.45) is 0 Å². The van der Waals surface area contributed by atoms with Crippen LogP contribution in [-0.4, -0.2) is 38.6 Å². The minimum absolute atomic E-state index is 0.0495. The number of aryl methyl sites for hydroxylation is 1. The Labute approximate surface area is 148 Å². The van der Waals surface area contributed by atoms with Crippen molar-refractivity contribution in [2.75, 3.05) is 12.4 Å². The fourth-order valence-corrected chi connectivity index (χ4v) is 3.11. The Kier molecular flexibility index (Phi) is 5.03. The van der Waals surface area contributed by atoms with Crippen molar-refractivity contribution in [1.82, 2.24) is 25.1 Å². The van der Waals surface area contributed by atoms with Gasteiger partial charge >= 0.3 is 0 Å². The number of nitrogens with one attached hydrogen (secondary N) is 2. The number of imidazole rings is 1. The fraction of sp³-hybridized carbons (Fsp3) is 0.312. The first-order chi connectivity index (χ1) is 12.1. The van der Waals surface area contributed by atoms with E-state index in [0.717, 1.165) is 22.5 Å². The zero-order valence-corrected chi connectivity index (χ0v) is 14.8. The molecule has 0 atom stereocenters. The van der Waals surface area contributed by atoms with Crippen molar-refractivity contribution in [3.8, 4) is 0 Å². The molecule has 0 bridgehead atoms. The third-order valence-corrected chi connectivity index (χ3v) is 4.63. The van der Waals surface area contributed by atoms with Crippen molar-refractivity contribution < 1.29 is 9.59 Å². The summed E-state index contributed by atoms with van der Waals surface area (Å²) in [5.74, 6) is 0.149. The van der Waals surface area contributed by atoms with Gasteiger partial charge in [-0.15, -0.1) is 10.2 Å². The number of benzene rings is 1. The first-order valence-corrected chi connectivity index (χ1v) is 8.69. The second kappa shape index (κ2) is 7.39. The summed E-state index contributed by atoms with van der Waals surface area (Å²) in [4.78, 5) is 28.6. The molecule has 130 valence electrons. The van der Waals surface area contributed by atoms with Crippen LogP contribution in [0.4, 0.5) is 5.13 Å². The van der Waals surface area contributed by atoms with E-state index in [1.807, 2.05) is 31.2 Å². The van der Waals surface area contributed by atoms with Gasteiger partial charge in [-0.3, -0.25) is 14.9 Å². The number of amides is 2. The Bertz CT molecular complexity index is 916. The normalized spacial score (nSPS) is 10.8. The van der Waals surface area contributed by atoms with Crippen LogP contribution in [0.3, 0.4) is 0 Å². The Morgan fingerprint density at radius 3 is 2.72 bits per heavy atom. The predicted molar refractivity (Wildman–Crippen MR) is 95.4 cm³/mol. The van der Waals surface area contributed by atoms with Crippen molar-refractivity contribution >= 4 is 39.3 Å². The molecule has 0 fully saturated rings. The number of anilines is 1. The number of nitrogens with zero attached hydrogens (tertiary/aromatic N) is 4. The SMILES string of the molecule is CCc1nnc(NC(=O)Cn2c(CC(=O)NC)nc3ccccc32)s1. The largest absolute Gasteiger partial charge is 0.359 e. The third kappa shape index (κ3) is 3.82. The maximum Gasteiger partial charge on any atom is 0.246 e. The molecule has 2 N–H and O–H groups in total. The monoisotopic (exact) mass is 358 g/mol. The van der Waals surface area contributed by atoms with Crippen LogP contribution in [0.25, 0.3) is 11.0 Å². The average Bonchev–Trinajstić information content (AvgIpc) is 3.20. The van der Waals surface area contributed by atoms with Crippen molar-refractivity contribution in [2.45, 2.75) is 26.3 Å². The lowest BCUT2D eigenvalue weighted by Crippen LogP contribution is -2.24. The topological polar surface area (TPSA) is 102 Å². The summed E-state index contributed by atoms with van der Waals surface area (Å²) < 4.78 is 1.75. The Balaban J connectivity index is 1.84. The minimum atomic E-state index is -0.236. The lowest BCUT2D eigenvalue weighted by Gasteiger charge is -2.08. The van der Waals surface area contributed by atoms with Crippen LogP contribution >= 0.6 is 11.3 Å². The first kappa shape index (κ1) is 17.0. The molecular formula is C16H18N6O2S. The van der Waals surface area contributed by atoms with Crippen molar-refractivity contribution in [3.05, 3.63) is 35.1 Å². The lowest BCUT2D eigenvalue weighted by atomic mass is 10.3. The zero-order chi connectivity index (χ0) is 17.8. The molecular weight excluding hydrogens is 340 g/mol. The van der Waals surface area contributed by atoms with Gasteiger partial charge in [0.05, 0.1) is 17.5 Å². The molecule has 3 aromatic rings. The van der Waals surface area contributed by atoms with Gasteiger partial charge in [-0.05, 0) is 18.6 Å². The second-order valence-electron chi connectivity index (χ2n) is 5.36. The van der Waals surface area contributed by atoms with E-state index in [4.69, 9.17) is 0 Å². The number of fused-ring (bicyclic) bond motifs is 1. The molecule has 9 heteroatoms. The maximum absolute atomic E-state index is 12.4. The Hall–Kier alpha value is -2.81. The van der Waals surface area contributed by atoms with Crippen LogP contribution in [0.2, 0.25) is 0 Å². The quantitative estimate of drug-likeness (QED) is 0.693. The average molecular weight is 358 g/mol. The number of aromatic nitrogens is 4. The van der Waals surface area contributed by atoms with E-state index in [1.54, 1.807) is 11.6 Å². The van der Waals surface area contributed by atoms with E-state index in [9.17, 15) is 9.59 Å². The highest BCUT2D eigenvalue weighted by atomic mass is 32.1. The Morgan fingerprint density at radius 1 is 1.20 bits per heavy atom. The highest BCUT2D eigenvalue weighted by Gasteiger charge is 2.16. The highest BCUT2D eigenvalue weighted by molar-refractivity contribution is 7.15. The number of hydrogen-bond acceptors (Lipinski definition) is 6. The maximum atomic E-state index is 12.4. The number of hydrogen-bond donors (Lipinski definition) is 2. The minimum Gasteiger partial charge on any atom is -0.359 e. The molecule has 8 nitrogen and oxygen atoms in total. The van der Waals surface area contributed by atoms with Crippen LogP contribution in [-0.2, 0) is 29.0 Å². The summed E-state index contributed by atoms with van der Waals surface area (Å²) in [5, 5.41) is 14.6. The molecule has 2 heterocycles. The van der Waals surface area contributed by atoms with Gasteiger partial charge in [0, 0.05) is 7.05 Å². The molecule has 0 aliphatic rings. The molecule has 2 amide bonds. The molecule has 0 unspecified atom stereocenters. The summed E-state index contributed by atoms with van der Waals surface area (Å²) in [6.07, 6.45) is 0.882. The van der Waals surface area contributed by atoms with Crippen LogP contribution in [0.15, 0.2) is 24.3 Å². The van der Waals surface area contributed by atoms with Crippen molar-refractivity contribution in [3.63, 3.8) is 0 Å². The van der Waals surface area contributed by atoms with E-state index in [2.05, 4.69) is 25.8 Å². The molecule has 0 aliphatic carbocycles. The van der Waals surface area contributed by atoms with Gasteiger partial charge in [-0.25, -0.2) is 4.98 Å². The van der Waals surface area contributed by atoms with E-state index in [-0.39, 0.29) is 24.8 Å². The summed E-state index contributed by atoms with van der Waals surface area (Å²) in [5.41, 5.74) is 1.56. The number of carbonyl (C=O) groups excluding carboxylic acids is 2. The van der Waals surface area contributed by atoms with Crippen LogP contribution in [0.5, 0.6) is 0 Å². The van der Waals surface area contributed by atoms with E-state index < -0.39 is 0 Å². The molecule has 25 heavy (non-hydrogen) atoms. The van der Waals surface area contributed by atoms with E-state index in [1.165, 1.54) is 11.3 Å². The smallest absolute Gasteiger partial charge is 0.246 e. The van der Waals surface area contributed by atoms with Gasteiger partial charge in [-0.1, -0.05) is 30.4 Å². The van der Waals surface area contributed by atoms with E-state index in [0.29, 0.717) is 11.0 Å². The highest BCUT2D eigenvalue weighted by Crippen LogP contribution is 2.18. The molecule has 0 saturated heterocycles. The summed E-state index contributed by atoms with van der Waals surface area (Å²) in [6, 6.07) is 7.48. The van der Waals surface area contributed by atoms with Gasteiger partial charge in [0.1, 0.15) is 17.4 Å². The zero-order valence-electron chi connectivity index (χ0n) is 13.9. The van der Waals surface area contributed by atoms with Gasteiger partial charge in [0.2, 0.25) is 16.9 Å². The summed E-state index contributed by atoms with van der Waals surface area (Å²) in [7, 11) is 1.57. The number of rotatable bonds is 6. The fourth-order valence-electron chi connectivity index (χ4n) is 2.42. The summed E-state index contributed by atoms with van der Waals surface area (Å²) in [6.45, 7) is 2.03. The molecule has 3 rings (SSSR count). The standard InChI is InChI=1S/C16H18N6O2S/c1-3-15-20-21-16(25-15)19-14(24)9-22-11-7-5-4-6-10(11)18-12(22)8-13(23)17-2/h4-7H,3,8-9H2,1-2H3,(H,17,23)(H,19,21,24). The van der Waals surface area contributed by atoms with Crippen molar-refractivity contribution in [1.29, 1.82) is 0 Å². The van der Waals surface area contributed by atoms with Crippen LogP contribution in [0, 0.1) is 0 Å². The van der Waals surface area contributed by atoms with Crippen LogP contribution in [0.1, 0.15) is 17.8 Å². The first-order valence-electron chi connectivity index (χ1n) is 7.87. The number of carbonyl (C=O) groups is 2. The molecule has 0 spiro atoms. The molecule has 0 saturated carbocycles. The lowest BCUT2D eigenvalue weighted by molar-refractivity contribution is -0.120.